The van der Waals surface area contributed by atoms with Gasteiger partial charge in [-0.3, -0.25) is 14.8 Å². The summed E-state index contributed by atoms with van der Waals surface area (Å²) < 4.78 is 5.56. The van der Waals surface area contributed by atoms with Crippen molar-refractivity contribution in [3.05, 3.63) is 0 Å². The Morgan fingerprint density at radius 1 is 1.07 bits per heavy atom. The zero-order valence-electron chi connectivity index (χ0n) is 18.2. The fourth-order valence-corrected chi connectivity index (χ4v) is 4.29. The molecule has 2 fully saturated rings. The Morgan fingerprint density at radius 2 is 1.78 bits per heavy atom. The molecule has 2 aliphatic rings. The van der Waals surface area contributed by atoms with E-state index >= 15 is 0 Å². The number of ether oxygens (including phenoxy) is 1. The first-order chi connectivity index (χ1) is 13.1. The molecule has 2 aliphatic heterocycles. The summed E-state index contributed by atoms with van der Waals surface area (Å²) in [5.74, 6) is 1.62. The number of nitrogens with zero attached hydrogens (tertiary/aromatic N) is 4. The number of hydrogen-bond acceptors (Lipinski definition) is 5. The molecule has 158 valence electrons. The topological polar surface area (TPSA) is 55.4 Å². The highest BCUT2D eigenvalue weighted by Crippen LogP contribution is 2.19. The van der Waals surface area contributed by atoms with Crippen LogP contribution in [0, 0.1) is 5.92 Å². The Kier molecular flexibility index (Phi) is 9.82. The van der Waals surface area contributed by atoms with Gasteiger partial charge in [-0.25, -0.2) is 0 Å². The minimum absolute atomic E-state index is 0.524. The van der Waals surface area contributed by atoms with Gasteiger partial charge in [0.25, 0.3) is 0 Å². The van der Waals surface area contributed by atoms with Crippen LogP contribution in [0.3, 0.4) is 0 Å². The number of rotatable bonds is 8. The normalized spacial score (nSPS) is 25.0. The first-order valence-electron chi connectivity index (χ1n) is 10.7. The van der Waals surface area contributed by atoms with Crippen molar-refractivity contribution < 1.29 is 4.74 Å². The third kappa shape index (κ3) is 6.89. The summed E-state index contributed by atoms with van der Waals surface area (Å²) in [6, 6.07) is 1.06. The zero-order chi connectivity index (χ0) is 19.6. The van der Waals surface area contributed by atoms with Crippen LogP contribution in [0.15, 0.2) is 4.99 Å². The molecular weight excluding hydrogens is 340 g/mol. The molecule has 0 spiro atoms. The van der Waals surface area contributed by atoms with Gasteiger partial charge in [0.05, 0.1) is 13.2 Å². The van der Waals surface area contributed by atoms with Crippen molar-refractivity contribution >= 4 is 5.96 Å². The van der Waals surface area contributed by atoms with E-state index in [4.69, 9.17) is 4.74 Å². The van der Waals surface area contributed by atoms with Crippen molar-refractivity contribution in [3.8, 4) is 0 Å². The lowest BCUT2D eigenvalue weighted by atomic mass is 9.92. The highest BCUT2D eigenvalue weighted by atomic mass is 16.5. The van der Waals surface area contributed by atoms with Crippen molar-refractivity contribution in [2.24, 2.45) is 10.9 Å². The fraction of sp³-hybridized carbons (Fsp3) is 0.950. The van der Waals surface area contributed by atoms with Crippen molar-refractivity contribution in [3.63, 3.8) is 0 Å². The molecule has 0 aromatic heterocycles. The second-order valence-corrected chi connectivity index (χ2v) is 8.02. The number of hydrogen-bond donors (Lipinski definition) is 2. The maximum Gasteiger partial charge on any atom is 0.191 e. The molecule has 2 saturated heterocycles. The summed E-state index contributed by atoms with van der Waals surface area (Å²) in [5, 5.41) is 7.16. The average Bonchev–Trinajstić information content (AvgIpc) is 2.70. The number of nitrogens with one attached hydrogen (secondary N) is 2. The molecule has 0 aromatic rings. The molecule has 2 unspecified atom stereocenters. The molecule has 0 aliphatic carbocycles. The zero-order valence-corrected chi connectivity index (χ0v) is 18.2. The molecule has 0 radical (unpaired) electrons. The number of aliphatic imine (C=N–C) groups is 1. The molecule has 0 saturated carbocycles. The van der Waals surface area contributed by atoms with Crippen LogP contribution < -0.4 is 10.6 Å². The van der Waals surface area contributed by atoms with Gasteiger partial charge < -0.3 is 20.3 Å². The summed E-state index contributed by atoms with van der Waals surface area (Å²) in [5.41, 5.74) is 0. The van der Waals surface area contributed by atoms with E-state index in [1.165, 1.54) is 12.8 Å². The molecule has 2 rings (SSSR count). The van der Waals surface area contributed by atoms with E-state index in [1.807, 2.05) is 7.05 Å². The second kappa shape index (κ2) is 11.8. The van der Waals surface area contributed by atoms with Gasteiger partial charge in [0.1, 0.15) is 0 Å². The minimum Gasteiger partial charge on any atom is -0.379 e. The van der Waals surface area contributed by atoms with Crippen LogP contribution in [-0.2, 0) is 4.74 Å². The van der Waals surface area contributed by atoms with Crippen LogP contribution in [0.1, 0.15) is 26.7 Å². The highest BCUT2D eigenvalue weighted by Gasteiger charge is 2.27. The summed E-state index contributed by atoms with van der Waals surface area (Å²) in [4.78, 5) is 11.9. The molecule has 0 aromatic carbocycles. The first-order valence-corrected chi connectivity index (χ1v) is 10.7. The Morgan fingerprint density at radius 3 is 2.41 bits per heavy atom. The van der Waals surface area contributed by atoms with E-state index in [1.54, 1.807) is 0 Å². The molecule has 0 amide bonds. The average molecular weight is 383 g/mol. The Hall–Kier alpha value is -0.890. The second-order valence-electron chi connectivity index (χ2n) is 8.02. The third-order valence-electron chi connectivity index (χ3n) is 6.30. The molecular formula is C20H42N6O. The van der Waals surface area contributed by atoms with E-state index < -0.39 is 0 Å². The van der Waals surface area contributed by atoms with Gasteiger partial charge >= 0.3 is 0 Å². The minimum atomic E-state index is 0.524. The summed E-state index contributed by atoms with van der Waals surface area (Å²) in [6.07, 6.45) is 2.43. The highest BCUT2D eigenvalue weighted by molar-refractivity contribution is 5.79. The molecule has 7 nitrogen and oxygen atoms in total. The molecule has 27 heavy (non-hydrogen) atoms. The lowest BCUT2D eigenvalue weighted by Gasteiger charge is -2.39. The molecule has 2 atom stereocenters. The maximum absolute atomic E-state index is 5.56. The summed E-state index contributed by atoms with van der Waals surface area (Å²) >= 11 is 0. The van der Waals surface area contributed by atoms with Crippen LogP contribution >= 0.6 is 0 Å². The van der Waals surface area contributed by atoms with E-state index in [2.05, 4.69) is 58.3 Å². The van der Waals surface area contributed by atoms with Gasteiger partial charge in [-0.2, -0.15) is 0 Å². The monoisotopic (exact) mass is 382 g/mol. The lowest BCUT2D eigenvalue weighted by Crippen LogP contribution is -2.57. The van der Waals surface area contributed by atoms with Gasteiger partial charge in [0.15, 0.2) is 5.96 Å². The predicted octanol–water partition coefficient (Wildman–Crippen LogP) is 0.534. The van der Waals surface area contributed by atoms with E-state index in [-0.39, 0.29) is 0 Å². The van der Waals surface area contributed by atoms with Crippen molar-refractivity contribution in [1.29, 1.82) is 0 Å². The number of piperazine rings is 1. The van der Waals surface area contributed by atoms with Crippen molar-refractivity contribution in [1.82, 2.24) is 25.3 Å². The first kappa shape index (κ1) is 22.4. The van der Waals surface area contributed by atoms with Gasteiger partial charge in [-0.1, -0.05) is 26.7 Å². The number of likely N-dealkylation sites (N-methyl/N-ethyl adjacent to an activating group) is 2. The van der Waals surface area contributed by atoms with Gasteiger partial charge in [-0.05, 0) is 20.0 Å². The van der Waals surface area contributed by atoms with Crippen molar-refractivity contribution in [2.45, 2.75) is 38.8 Å². The van der Waals surface area contributed by atoms with E-state index in [0.29, 0.717) is 18.0 Å². The van der Waals surface area contributed by atoms with E-state index in [0.717, 1.165) is 65.0 Å². The van der Waals surface area contributed by atoms with Crippen LogP contribution in [0.25, 0.3) is 0 Å². The number of guanidine groups is 1. The molecule has 7 heteroatoms. The van der Waals surface area contributed by atoms with Gasteiger partial charge in [0.2, 0.25) is 0 Å². The van der Waals surface area contributed by atoms with Crippen LogP contribution in [-0.4, -0.2) is 113 Å². The Balaban J connectivity index is 1.87. The third-order valence-corrected chi connectivity index (χ3v) is 6.30. The molecule has 2 heterocycles. The van der Waals surface area contributed by atoms with Gasteiger partial charge in [-0.15, -0.1) is 0 Å². The van der Waals surface area contributed by atoms with Crippen molar-refractivity contribution in [2.75, 3.05) is 80.2 Å². The predicted molar refractivity (Wildman–Crippen MR) is 114 cm³/mol. The standard InChI is InChI=1S/C20H42N6O/c1-6-17(7-2)19(26-10-12-27-13-11-26)15-23-20(21-3)22-14-18-16-24(4)8-9-25(18)5/h17-19H,6-16H2,1-5H3,(H2,21,22,23). The summed E-state index contributed by atoms with van der Waals surface area (Å²) in [6.45, 7) is 13.6. The SMILES string of the molecule is CCC(CC)C(CNC(=NC)NCC1CN(C)CCN1C)N1CCOCC1. The Labute approximate surface area is 166 Å². The van der Waals surface area contributed by atoms with Crippen LogP contribution in [0.4, 0.5) is 0 Å². The Bertz CT molecular complexity index is 436. The maximum atomic E-state index is 5.56. The van der Waals surface area contributed by atoms with E-state index in [9.17, 15) is 0 Å². The fourth-order valence-electron chi connectivity index (χ4n) is 4.29. The molecule has 2 N–H and O–H groups in total. The van der Waals surface area contributed by atoms with Crippen LogP contribution in [0.5, 0.6) is 0 Å². The van der Waals surface area contributed by atoms with Gasteiger partial charge in [0, 0.05) is 64.9 Å². The molecule has 0 bridgehead atoms. The number of morpholine rings is 1. The van der Waals surface area contributed by atoms with Crippen LogP contribution in [0.2, 0.25) is 0 Å². The smallest absolute Gasteiger partial charge is 0.191 e. The largest absolute Gasteiger partial charge is 0.379 e. The quantitative estimate of drug-likeness (QED) is 0.472. The lowest BCUT2D eigenvalue weighted by molar-refractivity contribution is 0.00271. The summed E-state index contributed by atoms with van der Waals surface area (Å²) in [7, 11) is 6.29.